The largest absolute Gasteiger partial charge is 0.494 e. The van der Waals surface area contributed by atoms with Crippen LogP contribution >= 0.6 is 0 Å². The SMILES string of the molecule is C=CC(=O)OCCCCCCCOc1ccc(OC(=O)C2CCC(C(=O)Oc3ccc4c(c3)nc(Oc3ccc(OCCCCCCOC(=O)C=C)cc3)c3cc(OC(=O)C5CCC([C@@H](O)Oc6ccc(OCCCCCCOC(=O)C=C)cc6)CC5)ccc34)CC2)cc1. The standard InChI is InChI=1S/C75H87NO18/c1-4-68(77)87-47-17-9-7-8-14-44-84-57-30-36-60(37-31-57)92-73(81)53-22-26-55(27-23-53)75(83)94-63-41-43-65-64-42-40-62(50-66(64)71(76-67(65)51-63)90-59-34-28-56(29-35-59)85-45-15-10-12-18-48-88-69(78)5-2)93-74(82)54-24-20-52(21-25-54)72(80)91-61-38-32-58(33-39-61)86-46-16-11-13-19-49-89-70(79)6-3/h4-6,28-43,50-55,72,80H,1-3,7-27,44-49H2/t52?,53?,54?,55?,72-/m0/s1. The molecule has 2 aliphatic rings. The molecule has 6 aromatic rings. The number of fused-ring (bicyclic) bond motifs is 3. The van der Waals surface area contributed by atoms with E-state index in [-0.39, 0.29) is 29.7 Å². The van der Waals surface area contributed by atoms with Gasteiger partial charge in [0.1, 0.15) is 46.0 Å². The molecule has 2 aliphatic carbocycles. The number of carbonyl (C=O) groups is 6. The van der Waals surface area contributed by atoms with Gasteiger partial charge >= 0.3 is 35.8 Å². The number of aliphatic hydroxyl groups is 1. The Kier molecular flexibility index (Phi) is 28.6. The van der Waals surface area contributed by atoms with Crippen LogP contribution in [0.1, 0.15) is 135 Å². The summed E-state index contributed by atoms with van der Waals surface area (Å²) in [5.41, 5.74) is 0.493. The topological polar surface area (TPSA) is 237 Å². The number of rotatable bonds is 39. The van der Waals surface area contributed by atoms with E-state index < -0.39 is 42.0 Å². The van der Waals surface area contributed by atoms with E-state index in [1.54, 1.807) is 84.9 Å². The summed E-state index contributed by atoms with van der Waals surface area (Å²) in [7, 11) is 0. The first-order chi connectivity index (χ1) is 45.8. The lowest BCUT2D eigenvalue weighted by Gasteiger charge is -2.30. The highest BCUT2D eigenvalue weighted by atomic mass is 16.6. The number of benzene rings is 5. The lowest BCUT2D eigenvalue weighted by atomic mass is 9.81. The summed E-state index contributed by atoms with van der Waals surface area (Å²) in [4.78, 5) is 79.4. The van der Waals surface area contributed by atoms with E-state index in [0.717, 1.165) is 112 Å². The van der Waals surface area contributed by atoms with Gasteiger partial charge in [-0.05, 0) is 224 Å². The highest BCUT2D eigenvalue weighted by Gasteiger charge is 2.34. The van der Waals surface area contributed by atoms with E-state index in [1.807, 2.05) is 24.3 Å². The summed E-state index contributed by atoms with van der Waals surface area (Å²) < 4.78 is 63.1. The number of hydrogen-bond donors (Lipinski definition) is 1. The summed E-state index contributed by atoms with van der Waals surface area (Å²) in [5.74, 6) is 0.483. The van der Waals surface area contributed by atoms with Crippen molar-refractivity contribution in [2.75, 3.05) is 39.6 Å². The highest BCUT2D eigenvalue weighted by molar-refractivity contribution is 6.09. The fourth-order valence-electron chi connectivity index (χ4n) is 11.2. The lowest BCUT2D eigenvalue weighted by molar-refractivity contribution is -0.145. The zero-order valence-electron chi connectivity index (χ0n) is 53.6. The third-order valence-electron chi connectivity index (χ3n) is 16.6. The summed E-state index contributed by atoms with van der Waals surface area (Å²) >= 11 is 0. The van der Waals surface area contributed by atoms with Crippen LogP contribution in [-0.2, 0) is 43.0 Å². The van der Waals surface area contributed by atoms with E-state index in [2.05, 4.69) is 19.7 Å². The molecule has 0 aliphatic heterocycles. The number of unbranched alkanes of at least 4 members (excludes halogenated alkanes) is 10. The van der Waals surface area contributed by atoms with Crippen LogP contribution in [0.5, 0.6) is 51.9 Å². The number of pyridine rings is 1. The maximum absolute atomic E-state index is 13.8. The van der Waals surface area contributed by atoms with Crippen LogP contribution in [0, 0.1) is 23.7 Å². The zero-order chi connectivity index (χ0) is 66.3. The van der Waals surface area contributed by atoms with Crippen LogP contribution < -0.4 is 37.9 Å². The number of aromatic nitrogens is 1. The Labute approximate surface area is 549 Å². The molecule has 19 heteroatoms. The van der Waals surface area contributed by atoms with Gasteiger partial charge in [-0.15, -0.1) is 0 Å². The van der Waals surface area contributed by atoms with E-state index in [9.17, 15) is 33.9 Å². The summed E-state index contributed by atoms with van der Waals surface area (Å²) in [6.07, 6.45) is 17.9. The normalized spacial score (nSPS) is 16.3. The fourth-order valence-corrected chi connectivity index (χ4v) is 11.2. The van der Waals surface area contributed by atoms with Crippen molar-refractivity contribution in [3.63, 3.8) is 0 Å². The van der Waals surface area contributed by atoms with Crippen molar-refractivity contribution >= 4 is 57.5 Å². The number of esters is 6. The average Bonchev–Trinajstić information content (AvgIpc) is 0.769. The molecule has 0 bridgehead atoms. The molecule has 0 radical (unpaired) electrons. The minimum Gasteiger partial charge on any atom is -0.494 e. The molecular weight excluding hydrogens is 1200 g/mol. The Morgan fingerprint density at radius 2 is 0.734 bits per heavy atom. The number of ether oxygens (including phenoxy) is 11. The Bertz CT molecular complexity index is 3440. The average molecular weight is 1290 g/mol. The number of aliphatic hydroxyl groups excluding tert-OH is 1. The van der Waals surface area contributed by atoms with Gasteiger partial charge in [-0.2, -0.15) is 0 Å². The Hall–Kier alpha value is -9.23. The van der Waals surface area contributed by atoms with Crippen molar-refractivity contribution in [2.24, 2.45) is 23.7 Å². The molecule has 0 saturated heterocycles. The van der Waals surface area contributed by atoms with Gasteiger partial charge in [-0.25, -0.2) is 19.4 Å². The minimum absolute atomic E-state index is 0.187. The van der Waals surface area contributed by atoms with Gasteiger partial charge in [0.05, 0.1) is 62.9 Å². The Morgan fingerprint density at radius 3 is 1.17 bits per heavy atom. The van der Waals surface area contributed by atoms with Gasteiger partial charge < -0.3 is 57.2 Å². The molecule has 0 unspecified atom stereocenters. The molecule has 500 valence electrons. The third kappa shape index (κ3) is 23.1. The van der Waals surface area contributed by atoms with Crippen molar-refractivity contribution in [1.82, 2.24) is 4.98 Å². The molecule has 1 atom stereocenters. The third-order valence-corrected chi connectivity index (χ3v) is 16.6. The van der Waals surface area contributed by atoms with E-state index in [1.165, 1.54) is 0 Å². The van der Waals surface area contributed by atoms with Crippen molar-refractivity contribution in [3.8, 4) is 51.9 Å². The van der Waals surface area contributed by atoms with Crippen LogP contribution in [0.2, 0.25) is 0 Å². The predicted molar refractivity (Wildman–Crippen MR) is 353 cm³/mol. The second kappa shape index (κ2) is 38.1. The zero-order valence-corrected chi connectivity index (χ0v) is 53.6. The van der Waals surface area contributed by atoms with Crippen LogP contribution in [0.15, 0.2) is 147 Å². The van der Waals surface area contributed by atoms with Gasteiger partial charge in [-0.1, -0.05) is 39.0 Å². The number of hydrogen-bond acceptors (Lipinski definition) is 19. The maximum atomic E-state index is 13.8. The first-order valence-electron chi connectivity index (χ1n) is 33.0. The monoisotopic (exact) mass is 1290 g/mol. The second-order valence-corrected chi connectivity index (χ2v) is 23.5. The minimum atomic E-state index is -1.07. The first kappa shape index (κ1) is 70.6. The van der Waals surface area contributed by atoms with Crippen molar-refractivity contribution in [2.45, 2.75) is 141 Å². The van der Waals surface area contributed by atoms with E-state index in [4.69, 9.17) is 57.1 Å². The molecule has 19 nitrogen and oxygen atoms in total. The van der Waals surface area contributed by atoms with Gasteiger partial charge in [0, 0.05) is 41.0 Å². The van der Waals surface area contributed by atoms with Crippen molar-refractivity contribution < 1.29 is 86.0 Å². The molecule has 0 spiro atoms. The predicted octanol–water partition coefficient (Wildman–Crippen LogP) is 15.0. The Morgan fingerprint density at radius 1 is 0.394 bits per heavy atom. The van der Waals surface area contributed by atoms with Crippen LogP contribution in [-0.4, -0.2) is 91.8 Å². The molecule has 2 saturated carbocycles. The molecule has 1 N–H and O–H groups in total. The maximum Gasteiger partial charge on any atom is 0.330 e. The molecule has 1 heterocycles. The first-order valence-corrected chi connectivity index (χ1v) is 33.0. The Balaban J connectivity index is 0.833. The molecular formula is C75H87NO18. The van der Waals surface area contributed by atoms with E-state index in [0.29, 0.717) is 148 Å². The smallest absolute Gasteiger partial charge is 0.330 e. The lowest BCUT2D eigenvalue weighted by Crippen LogP contribution is -2.33. The van der Waals surface area contributed by atoms with E-state index >= 15 is 0 Å². The summed E-state index contributed by atoms with van der Waals surface area (Å²) in [5, 5.41) is 13.2. The van der Waals surface area contributed by atoms with Crippen LogP contribution in [0.4, 0.5) is 0 Å². The van der Waals surface area contributed by atoms with Crippen LogP contribution in [0.25, 0.3) is 21.7 Å². The van der Waals surface area contributed by atoms with Gasteiger partial charge in [-0.3, -0.25) is 14.4 Å². The van der Waals surface area contributed by atoms with Gasteiger partial charge in [0.15, 0.2) is 6.29 Å². The molecule has 1 aromatic heterocycles. The van der Waals surface area contributed by atoms with Gasteiger partial charge in [0.2, 0.25) is 5.88 Å². The number of carbonyl (C=O) groups excluding carboxylic acids is 6. The van der Waals surface area contributed by atoms with Crippen molar-refractivity contribution in [3.05, 3.63) is 147 Å². The second-order valence-electron chi connectivity index (χ2n) is 23.5. The highest BCUT2D eigenvalue weighted by Crippen LogP contribution is 2.40. The summed E-state index contributed by atoms with van der Waals surface area (Å²) in [6.45, 7) is 12.9. The van der Waals surface area contributed by atoms with Crippen molar-refractivity contribution in [1.29, 1.82) is 0 Å². The molecule has 8 rings (SSSR count). The molecule has 5 aromatic carbocycles. The van der Waals surface area contributed by atoms with Crippen LogP contribution in [0.3, 0.4) is 0 Å². The summed E-state index contributed by atoms with van der Waals surface area (Å²) in [6, 6.07) is 31.8. The molecule has 2 fully saturated rings. The molecule has 0 amide bonds. The molecule has 94 heavy (non-hydrogen) atoms. The quantitative estimate of drug-likeness (QED) is 0.00718. The van der Waals surface area contributed by atoms with Gasteiger partial charge in [0.25, 0.3) is 0 Å². The number of nitrogens with zero attached hydrogens (tertiary/aromatic N) is 1. The fraction of sp³-hybridized carbons (Fsp3) is 0.427.